The van der Waals surface area contributed by atoms with Crippen LogP contribution in [0.25, 0.3) is 0 Å². The molecule has 2 unspecified atom stereocenters. The van der Waals surface area contributed by atoms with E-state index in [0.717, 1.165) is 24.0 Å². The second-order valence-corrected chi connectivity index (χ2v) is 5.90. The Hall–Kier alpha value is -1.89. The van der Waals surface area contributed by atoms with Crippen molar-refractivity contribution in [3.8, 4) is 0 Å². The molecule has 3 rings (SSSR count). The fourth-order valence-electron chi connectivity index (χ4n) is 2.90. The maximum atomic E-state index is 12.5. The van der Waals surface area contributed by atoms with Crippen LogP contribution in [0.15, 0.2) is 59.7 Å². The van der Waals surface area contributed by atoms with Gasteiger partial charge in [-0.1, -0.05) is 56.3 Å². The predicted molar refractivity (Wildman–Crippen MR) is 82.7 cm³/mol. The molecule has 20 heavy (non-hydrogen) atoms. The summed E-state index contributed by atoms with van der Waals surface area (Å²) in [6, 6.07) is 7.97. The predicted octanol–water partition coefficient (Wildman–Crippen LogP) is 4.51. The second kappa shape index (κ2) is 5.24. The zero-order valence-electron chi connectivity index (χ0n) is 12.1. The van der Waals surface area contributed by atoms with Gasteiger partial charge < -0.3 is 0 Å². The average Bonchev–Trinajstić information content (AvgIpc) is 2.46. The lowest BCUT2D eigenvalue weighted by Gasteiger charge is -2.20. The minimum atomic E-state index is 0.201. The van der Waals surface area contributed by atoms with Crippen molar-refractivity contribution in [3.63, 3.8) is 0 Å². The fraction of sp³-hybridized carbons (Fsp3) is 0.316. The van der Waals surface area contributed by atoms with Crippen LogP contribution in [0.5, 0.6) is 0 Å². The number of ketones is 1. The van der Waals surface area contributed by atoms with Crippen molar-refractivity contribution < 1.29 is 4.79 Å². The summed E-state index contributed by atoms with van der Waals surface area (Å²) in [5.41, 5.74) is 4.19. The number of fused-ring (bicyclic) bond motifs is 1. The molecule has 0 aliphatic heterocycles. The number of carbonyl (C=O) groups is 1. The molecule has 0 amide bonds. The van der Waals surface area contributed by atoms with Crippen LogP contribution < -0.4 is 0 Å². The molecule has 0 bridgehead atoms. The van der Waals surface area contributed by atoms with Gasteiger partial charge in [0.2, 0.25) is 0 Å². The fourth-order valence-corrected chi connectivity index (χ4v) is 2.90. The van der Waals surface area contributed by atoms with Gasteiger partial charge in [-0.05, 0) is 41.9 Å². The van der Waals surface area contributed by atoms with Crippen molar-refractivity contribution in [1.82, 2.24) is 0 Å². The van der Waals surface area contributed by atoms with Crippen molar-refractivity contribution in [2.45, 2.75) is 26.7 Å². The molecule has 1 aromatic carbocycles. The lowest BCUT2D eigenvalue weighted by Crippen LogP contribution is -2.14. The minimum Gasteiger partial charge on any atom is -0.289 e. The number of hydrogen-bond acceptors (Lipinski definition) is 1. The molecule has 2 aliphatic carbocycles. The lowest BCUT2D eigenvalue weighted by molar-refractivity contribution is 0.102. The van der Waals surface area contributed by atoms with E-state index in [1.165, 1.54) is 11.1 Å². The van der Waals surface area contributed by atoms with Crippen LogP contribution >= 0.6 is 0 Å². The molecule has 0 fully saturated rings. The topological polar surface area (TPSA) is 17.1 Å². The molecule has 1 nitrogen and oxygen atoms in total. The SMILES string of the molecule is CC1C=CC(/C=C2\CCc3ccccc3C2=O)=CC1C. The molecule has 0 saturated heterocycles. The van der Waals surface area contributed by atoms with Crippen molar-refractivity contribution in [1.29, 1.82) is 0 Å². The molecule has 102 valence electrons. The van der Waals surface area contributed by atoms with Crippen molar-refractivity contribution in [2.24, 2.45) is 11.8 Å². The van der Waals surface area contributed by atoms with E-state index < -0.39 is 0 Å². The number of carbonyl (C=O) groups excluding carboxylic acids is 1. The zero-order chi connectivity index (χ0) is 14.1. The Bertz CT molecular complexity index is 631. The van der Waals surface area contributed by atoms with Crippen LogP contribution in [0.3, 0.4) is 0 Å². The van der Waals surface area contributed by atoms with Gasteiger partial charge in [-0.3, -0.25) is 4.79 Å². The Kier molecular flexibility index (Phi) is 3.43. The second-order valence-electron chi connectivity index (χ2n) is 5.90. The molecule has 1 aromatic rings. The van der Waals surface area contributed by atoms with Crippen LogP contribution in [0.2, 0.25) is 0 Å². The van der Waals surface area contributed by atoms with Crippen molar-refractivity contribution >= 4 is 5.78 Å². The van der Waals surface area contributed by atoms with Gasteiger partial charge in [-0.15, -0.1) is 0 Å². The van der Waals surface area contributed by atoms with Crippen molar-refractivity contribution in [3.05, 3.63) is 70.8 Å². The van der Waals surface area contributed by atoms with Crippen LogP contribution in [-0.2, 0) is 6.42 Å². The summed E-state index contributed by atoms with van der Waals surface area (Å²) in [6.45, 7) is 4.45. The zero-order valence-corrected chi connectivity index (χ0v) is 12.1. The Balaban J connectivity index is 1.90. The highest BCUT2D eigenvalue weighted by Crippen LogP contribution is 2.28. The summed E-state index contributed by atoms with van der Waals surface area (Å²) in [4.78, 5) is 12.5. The highest BCUT2D eigenvalue weighted by molar-refractivity contribution is 6.11. The van der Waals surface area contributed by atoms with Crippen LogP contribution in [0, 0.1) is 11.8 Å². The minimum absolute atomic E-state index is 0.201. The third-order valence-electron chi connectivity index (χ3n) is 4.44. The Labute approximate surface area is 120 Å². The number of hydrogen-bond donors (Lipinski definition) is 0. The van der Waals surface area contributed by atoms with Gasteiger partial charge >= 0.3 is 0 Å². The van der Waals surface area contributed by atoms with Gasteiger partial charge in [0, 0.05) is 11.1 Å². The van der Waals surface area contributed by atoms with Gasteiger partial charge in [0.15, 0.2) is 5.78 Å². The van der Waals surface area contributed by atoms with Crippen molar-refractivity contribution in [2.75, 3.05) is 0 Å². The summed E-state index contributed by atoms with van der Waals surface area (Å²) >= 11 is 0. The highest BCUT2D eigenvalue weighted by Gasteiger charge is 2.21. The molecular weight excluding hydrogens is 244 g/mol. The number of rotatable bonds is 1. The van der Waals surface area contributed by atoms with E-state index in [0.29, 0.717) is 11.8 Å². The molecule has 1 heteroatoms. The van der Waals surface area contributed by atoms with Crippen LogP contribution in [0.1, 0.15) is 36.2 Å². The Morgan fingerprint density at radius 2 is 1.90 bits per heavy atom. The lowest BCUT2D eigenvalue weighted by atomic mass is 9.84. The van der Waals surface area contributed by atoms with Gasteiger partial charge in [0.25, 0.3) is 0 Å². The quantitative estimate of drug-likeness (QED) is 0.682. The van der Waals surface area contributed by atoms with Gasteiger partial charge in [0.05, 0.1) is 0 Å². The average molecular weight is 264 g/mol. The smallest absolute Gasteiger partial charge is 0.189 e. The van der Waals surface area contributed by atoms with E-state index in [1.54, 1.807) is 0 Å². The van der Waals surface area contributed by atoms with Crippen LogP contribution in [-0.4, -0.2) is 5.78 Å². The molecule has 0 saturated carbocycles. The van der Waals surface area contributed by atoms with Gasteiger partial charge in [-0.25, -0.2) is 0 Å². The number of allylic oxidation sites excluding steroid dienone is 6. The Morgan fingerprint density at radius 1 is 1.10 bits per heavy atom. The van der Waals surface area contributed by atoms with Gasteiger partial charge in [-0.2, -0.15) is 0 Å². The van der Waals surface area contributed by atoms with E-state index in [4.69, 9.17) is 0 Å². The first-order valence-corrected chi connectivity index (χ1v) is 7.38. The molecular formula is C19H20O. The summed E-state index contributed by atoms with van der Waals surface area (Å²) in [5.74, 6) is 1.32. The first-order valence-electron chi connectivity index (χ1n) is 7.38. The number of benzene rings is 1. The molecule has 0 heterocycles. The maximum absolute atomic E-state index is 12.5. The normalized spacial score (nSPS) is 27.4. The molecule has 2 atom stereocenters. The van der Waals surface area contributed by atoms with E-state index in [1.807, 2.05) is 18.2 Å². The first kappa shape index (κ1) is 13.1. The Morgan fingerprint density at radius 3 is 2.70 bits per heavy atom. The van der Waals surface area contributed by atoms with E-state index in [-0.39, 0.29) is 5.78 Å². The monoisotopic (exact) mass is 264 g/mol. The van der Waals surface area contributed by atoms with E-state index in [2.05, 4.69) is 44.2 Å². The largest absolute Gasteiger partial charge is 0.289 e. The number of Topliss-reactive ketones (excluding diaryl/α,β-unsaturated/α-hetero) is 1. The van der Waals surface area contributed by atoms with Gasteiger partial charge in [0.1, 0.15) is 0 Å². The molecule has 2 aliphatic rings. The molecule has 0 spiro atoms. The highest BCUT2D eigenvalue weighted by atomic mass is 16.1. The summed E-state index contributed by atoms with van der Waals surface area (Å²) < 4.78 is 0. The summed E-state index contributed by atoms with van der Waals surface area (Å²) in [7, 11) is 0. The standard InChI is InChI=1S/C19H20O/c1-13-7-8-15(11-14(13)2)12-17-10-9-16-5-3-4-6-18(16)19(17)20/h3-8,11-14H,9-10H2,1-2H3/b17-12+. The first-order chi connectivity index (χ1) is 9.65. The van der Waals surface area contributed by atoms with E-state index in [9.17, 15) is 4.79 Å². The third-order valence-corrected chi connectivity index (χ3v) is 4.44. The third kappa shape index (κ3) is 2.40. The summed E-state index contributed by atoms with van der Waals surface area (Å²) in [5, 5.41) is 0. The summed E-state index contributed by atoms with van der Waals surface area (Å²) in [6.07, 6.45) is 10.5. The molecule has 0 N–H and O–H groups in total. The molecule has 0 radical (unpaired) electrons. The maximum Gasteiger partial charge on any atom is 0.189 e. The number of aryl methyl sites for hydroxylation is 1. The van der Waals surface area contributed by atoms with E-state index >= 15 is 0 Å². The molecule has 0 aromatic heterocycles. The van der Waals surface area contributed by atoms with Crippen LogP contribution in [0.4, 0.5) is 0 Å².